The van der Waals surface area contributed by atoms with Gasteiger partial charge in [0.2, 0.25) is 0 Å². The fourth-order valence-corrected chi connectivity index (χ4v) is 2.18. The summed E-state index contributed by atoms with van der Waals surface area (Å²) in [6, 6.07) is 2.00. The molecule has 0 bridgehead atoms. The Labute approximate surface area is 106 Å². The van der Waals surface area contributed by atoms with Gasteiger partial charge < -0.3 is 19.3 Å². The molecule has 2 fully saturated rings. The minimum Gasteiger partial charge on any atom is -0.378 e. The van der Waals surface area contributed by atoms with Gasteiger partial charge >= 0.3 is 0 Å². The van der Waals surface area contributed by atoms with Crippen LogP contribution in [0, 0.1) is 0 Å². The second-order valence-corrected chi connectivity index (χ2v) is 4.35. The second-order valence-electron chi connectivity index (χ2n) is 4.35. The van der Waals surface area contributed by atoms with E-state index in [1.807, 2.05) is 6.07 Å². The van der Waals surface area contributed by atoms with E-state index in [1.165, 1.54) is 0 Å². The van der Waals surface area contributed by atoms with Crippen LogP contribution in [0.2, 0.25) is 0 Å². The van der Waals surface area contributed by atoms with Crippen LogP contribution in [0.25, 0.3) is 0 Å². The van der Waals surface area contributed by atoms with E-state index in [1.54, 1.807) is 0 Å². The Morgan fingerprint density at radius 3 is 1.67 bits per heavy atom. The van der Waals surface area contributed by atoms with Crippen LogP contribution in [-0.4, -0.2) is 68.0 Å². The van der Waals surface area contributed by atoms with Gasteiger partial charge in [0, 0.05) is 32.2 Å². The van der Waals surface area contributed by atoms with Gasteiger partial charge in [-0.3, -0.25) is 0 Å². The van der Waals surface area contributed by atoms with Gasteiger partial charge in [-0.1, -0.05) is 0 Å². The molecule has 2 aliphatic rings. The maximum atomic E-state index is 5.34. The number of ether oxygens (including phenoxy) is 2. The van der Waals surface area contributed by atoms with Crippen molar-refractivity contribution in [2.45, 2.75) is 0 Å². The lowest BCUT2D eigenvalue weighted by Crippen LogP contribution is -2.39. The van der Waals surface area contributed by atoms with Crippen LogP contribution in [0.4, 0.5) is 11.6 Å². The summed E-state index contributed by atoms with van der Waals surface area (Å²) in [6.45, 7) is 6.44. The maximum absolute atomic E-state index is 5.34. The fourth-order valence-electron chi connectivity index (χ4n) is 2.18. The van der Waals surface area contributed by atoms with Crippen LogP contribution in [0.3, 0.4) is 0 Å². The standard InChI is InChI=1S/C11H17N5O2/c1-5-17-6-2-15(1)10-9-11(13-14-12-10)16-3-7-18-8-4-16/h9H,1-8H2. The lowest BCUT2D eigenvalue weighted by atomic mass is 10.3. The number of anilines is 2. The van der Waals surface area contributed by atoms with E-state index in [9.17, 15) is 0 Å². The molecule has 0 saturated carbocycles. The highest BCUT2D eigenvalue weighted by Gasteiger charge is 2.17. The smallest absolute Gasteiger partial charge is 0.156 e. The monoisotopic (exact) mass is 251 g/mol. The van der Waals surface area contributed by atoms with Crippen molar-refractivity contribution in [3.63, 3.8) is 0 Å². The Balaban J connectivity index is 1.75. The van der Waals surface area contributed by atoms with Gasteiger partial charge in [-0.05, 0) is 5.21 Å². The highest BCUT2D eigenvalue weighted by molar-refractivity contribution is 5.49. The zero-order chi connectivity index (χ0) is 12.2. The number of hydrogen-bond donors (Lipinski definition) is 0. The third-order valence-electron chi connectivity index (χ3n) is 3.22. The summed E-state index contributed by atoms with van der Waals surface area (Å²) in [5.41, 5.74) is 0. The summed E-state index contributed by atoms with van der Waals surface area (Å²) in [5, 5.41) is 12.1. The molecule has 2 aliphatic heterocycles. The Morgan fingerprint density at radius 1 is 0.778 bits per heavy atom. The fraction of sp³-hybridized carbons (Fsp3) is 0.727. The summed E-state index contributed by atoms with van der Waals surface area (Å²) in [5.74, 6) is 1.77. The molecule has 0 atom stereocenters. The van der Waals surface area contributed by atoms with E-state index >= 15 is 0 Å². The molecule has 2 saturated heterocycles. The zero-order valence-electron chi connectivity index (χ0n) is 10.3. The summed E-state index contributed by atoms with van der Waals surface area (Å²) in [4.78, 5) is 4.37. The molecule has 0 aliphatic carbocycles. The van der Waals surface area contributed by atoms with Crippen molar-refractivity contribution in [1.82, 2.24) is 15.4 Å². The predicted octanol–water partition coefficient (Wildman–Crippen LogP) is -0.455. The van der Waals surface area contributed by atoms with Gasteiger partial charge in [0.15, 0.2) is 11.6 Å². The van der Waals surface area contributed by atoms with Gasteiger partial charge in [0.25, 0.3) is 0 Å². The SMILES string of the molecule is c1c(N2CCOCC2)nnnc1N1CCOCC1. The Hall–Kier alpha value is -1.47. The number of hydrogen-bond acceptors (Lipinski definition) is 7. The van der Waals surface area contributed by atoms with Crippen LogP contribution in [0.5, 0.6) is 0 Å². The van der Waals surface area contributed by atoms with Crippen LogP contribution >= 0.6 is 0 Å². The maximum Gasteiger partial charge on any atom is 0.156 e. The minimum absolute atomic E-state index is 0.747. The molecule has 0 spiro atoms. The van der Waals surface area contributed by atoms with E-state index in [0.717, 1.165) is 64.2 Å². The van der Waals surface area contributed by atoms with Gasteiger partial charge in [0.1, 0.15) is 0 Å². The van der Waals surface area contributed by atoms with E-state index in [2.05, 4.69) is 25.2 Å². The van der Waals surface area contributed by atoms with E-state index < -0.39 is 0 Å². The van der Waals surface area contributed by atoms with E-state index in [4.69, 9.17) is 9.47 Å². The van der Waals surface area contributed by atoms with Crippen molar-refractivity contribution in [1.29, 1.82) is 0 Å². The average molecular weight is 251 g/mol. The van der Waals surface area contributed by atoms with Gasteiger partial charge in [-0.25, -0.2) is 0 Å². The van der Waals surface area contributed by atoms with Crippen molar-refractivity contribution in [3.8, 4) is 0 Å². The molecule has 0 aromatic carbocycles. The van der Waals surface area contributed by atoms with Crippen LogP contribution in [0.1, 0.15) is 0 Å². The average Bonchev–Trinajstić information content (AvgIpc) is 2.49. The van der Waals surface area contributed by atoms with Crippen molar-refractivity contribution in [3.05, 3.63) is 6.07 Å². The Kier molecular flexibility index (Phi) is 3.51. The number of aromatic nitrogens is 3. The topological polar surface area (TPSA) is 63.6 Å². The Bertz CT molecular complexity index is 358. The lowest BCUT2D eigenvalue weighted by Gasteiger charge is -2.30. The van der Waals surface area contributed by atoms with E-state index in [-0.39, 0.29) is 0 Å². The van der Waals surface area contributed by atoms with Crippen molar-refractivity contribution in [2.24, 2.45) is 0 Å². The quantitative estimate of drug-likeness (QED) is 0.705. The molecule has 0 N–H and O–H groups in total. The molecular weight excluding hydrogens is 234 g/mol. The molecule has 98 valence electrons. The van der Waals surface area contributed by atoms with Gasteiger partial charge in [-0.2, -0.15) is 0 Å². The van der Waals surface area contributed by atoms with Crippen molar-refractivity contribution >= 4 is 11.6 Å². The van der Waals surface area contributed by atoms with E-state index in [0.29, 0.717) is 0 Å². The minimum atomic E-state index is 0.747. The second kappa shape index (κ2) is 5.45. The molecule has 1 aromatic heterocycles. The molecule has 0 unspecified atom stereocenters. The lowest BCUT2D eigenvalue weighted by molar-refractivity contribution is 0.121. The molecule has 7 nitrogen and oxygen atoms in total. The number of nitrogens with zero attached hydrogens (tertiary/aromatic N) is 5. The molecule has 0 radical (unpaired) electrons. The summed E-state index contributed by atoms with van der Waals surface area (Å²) in [6.07, 6.45) is 0. The third kappa shape index (κ3) is 2.51. The van der Waals surface area contributed by atoms with Crippen LogP contribution in [0.15, 0.2) is 6.07 Å². The molecule has 18 heavy (non-hydrogen) atoms. The number of morpholine rings is 2. The van der Waals surface area contributed by atoms with Crippen LogP contribution < -0.4 is 9.80 Å². The molecule has 3 heterocycles. The first kappa shape index (κ1) is 11.6. The van der Waals surface area contributed by atoms with Crippen LogP contribution in [-0.2, 0) is 9.47 Å². The first-order valence-electron chi connectivity index (χ1n) is 6.29. The molecular formula is C11H17N5O2. The summed E-state index contributed by atoms with van der Waals surface area (Å²) >= 11 is 0. The molecule has 1 aromatic rings. The molecule has 7 heteroatoms. The van der Waals surface area contributed by atoms with Gasteiger partial charge in [0.05, 0.1) is 26.4 Å². The number of rotatable bonds is 2. The highest BCUT2D eigenvalue weighted by Crippen LogP contribution is 2.18. The highest BCUT2D eigenvalue weighted by atomic mass is 16.5. The first-order valence-corrected chi connectivity index (χ1v) is 6.29. The van der Waals surface area contributed by atoms with Crippen molar-refractivity contribution < 1.29 is 9.47 Å². The summed E-state index contributed by atoms with van der Waals surface area (Å²) in [7, 11) is 0. The first-order chi connectivity index (χ1) is 8.93. The molecule has 0 amide bonds. The zero-order valence-corrected chi connectivity index (χ0v) is 10.3. The van der Waals surface area contributed by atoms with Gasteiger partial charge in [-0.15, -0.1) is 10.2 Å². The van der Waals surface area contributed by atoms with Crippen molar-refractivity contribution in [2.75, 3.05) is 62.4 Å². The summed E-state index contributed by atoms with van der Waals surface area (Å²) < 4.78 is 10.7. The third-order valence-corrected chi connectivity index (χ3v) is 3.22. The Morgan fingerprint density at radius 2 is 1.22 bits per heavy atom. The largest absolute Gasteiger partial charge is 0.378 e. The molecule has 3 rings (SSSR count). The normalized spacial score (nSPS) is 21.1. The predicted molar refractivity (Wildman–Crippen MR) is 65.9 cm³/mol.